The molecule has 0 atom stereocenters. The Bertz CT molecular complexity index is 433. The van der Waals surface area contributed by atoms with E-state index in [1.165, 1.54) is 26.2 Å². The van der Waals surface area contributed by atoms with Crippen LogP contribution in [0.15, 0.2) is 24.3 Å². The van der Waals surface area contributed by atoms with Gasteiger partial charge in [0, 0.05) is 6.42 Å². The third-order valence-corrected chi connectivity index (χ3v) is 2.06. The number of methoxy groups -OCH3 is 1. The van der Waals surface area contributed by atoms with Gasteiger partial charge in [0.1, 0.15) is 5.75 Å². The minimum atomic E-state index is -1.13. The van der Waals surface area contributed by atoms with Crippen LogP contribution in [0, 0.1) is 0 Å². The summed E-state index contributed by atoms with van der Waals surface area (Å²) in [6, 6.07) is 6.02. The number of benzene rings is 1. The molecule has 90 valence electrons. The Balaban J connectivity index is 2.70. The van der Waals surface area contributed by atoms with E-state index in [4.69, 9.17) is 4.74 Å². The van der Waals surface area contributed by atoms with E-state index in [9.17, 15) is 14.4 Å². The Labute approximate surface area is 98.3 Å². The minimum Gasteiger partial charge on any atom is -0.497 e. The molecule has 0 unspecified atom stereocenters. The van der Waals surface area contributed by atoms with Crippen molar-refractivity contribution < 1.29 is 23.9 Å². The second-order valence-electron chi connectivity index (χ2n) is 3.18. The second kappa shape index (κ2) is 5.79. The quantitative estimate of drug-likeness (QED) is 0.448. The fourth-order valence-electron chi connectivity index (χ4n) is 1.07. The highest BCUT2D eigenvalue weighted by atomic mass is 16.6. The largest absolute Gasteiger partial charge is 0.497 e. The SMILES string of the molecule is CCC(=O)C(=O)OC(=O)c1ccc(OC)cc1. The average Bonchev–Trinajstić information content (AvgIpc) is 2.37. The van der Waals surface area contributed by atoms with Crippen LogP contribution in [0.5, 0.6) is 5.75 Å². The molecular weight excluding hydrogens is 224 g/mol. The van der Waals surface area contributed by atoms with Crippen LogP contribution < -0.4 is 4.74 Å². The number of carbonyl (C=O) groups excluding carboxylic acids is 3. The molecular formula is C12H12O5. The van der Waals surface area contributed by atoms with E-state index >= 15 is 0 Å². The van der Waals surface area contributed by atoms with Gasteiger partial charge < -0.3 is 9.47 Å². The molecule has 5 nitrogen and oxygen atoms in total. The lowest BCUT2D eigenvalue weighted by molar-refractivity contribution is -0.149. The first kappa shape index (κ1) is 12.9. The van der Waals surface area contributed by atoms with E-state index in [-0.39, 0.29) is 12.0 Å². The van der Waals surface area contributed by atoms with Gasteiger partial charge >= 0.3 is 11.9 Å². The van der Waals surface area contributed by atoms with E-state index in [1.807, 2.05) is 0 Å². The maximum absolute atomic E-state index is 11.4. The van der Waals surface area contributed by atoms with E-state index in [2.05, 4.69) is 4.74 Å². The molecule has 0 aliphatic rings. The van der Waals surface area contributed by atoms with Gasteiger partial charge in [-0.05, 0) is 24.3 Å². The summed E-state index contributed by atoms with van der Waals surface area (Å²) in [6.07, 6.45) is 0.00866. The number of ketones is 1. The summed E-state index contributed by atoms with van der Waals surface area (Å²) in [4.78, 5) is 33.4. The molecule has 17 heavy (non-hydrogen) atoms. The molecule has 0 aliphatic heterocycles. The summed E-state index contributed by atoms with van der Waals surface area (Å²) in [5.41, 5.74) is 0.183. The Morgan fingerprint density at radius 1 is 1.12 bits per heavy atom. The number of Topliss-reactive ketones (excluding diaryl/α,β-unsaturated/α-hetero) is 1. The van der Waals surface area contributed by atoms with Gasteiger partial charge in [-0.2, -0.15) is 0 Å². The molecule has 0 aliphatic carbocycles. The second-order valence-corrected chi connectivity index (χ2v) is 3.18. The molecule has 0 fully saturated rings. The third-order valence-electron chi connectivity index (χ3n) is 2.06. The molecule has 0 radical (unpaired) electrons. The molecule has 5 heteroatoms. The average molecular weight is 236 g/mol. The molecule has 1 aromatic carbocycles. The lowest BCUT2D eigenvalue weighted by Crippen LogP contribution is -2.20. The molecule has 0 amide bonds. The number of esters is 2. The molecule has 0 aromatic heterocycles. The highest BCUT2D eigenvalue weighted by Gasteiger charge is 2.18. The Morgan fingerprint density at radius 3 is 2.18 bits per heavy atom. The fraction of sp³-hybridized carbons (Fsp3) is 0.250. The van der Waals surface area contributed by atoms with Crippen molar-refractivity contribution in [2.75, 3.05) is 7.11 Å². The lowest BCUT2D eigenvalue weighted by Gasteiger charge is -2.02. The molecule has 1 rings (SSSR count). The standard InChI is InChI=1S/C12H12O5/c1-3-10(13)12(15)17-11(14)8-4-6-9(16-2)7-5-8/h4-7H,3H2,1-2H3. The van der Waals surface area contributed by atoms with E-state index in [0.717, 1.165) is 0 Å². The summed E-state index contributed by atoms with van der Waals surface area (Å²) in [5.74, 6) is -2.13. The van der Waals surface area contributed by atoms with Gasteiger partial charge in [0.05, 0.1) is 12.7 Å². The van der Waals surface area contributed by atoms with E-state index < -0.39 is 17.7 Å². The molecule has 1 aromatic rings. The van der Waals surface area contributed by atoms with Crippen LogP contribution in [0.1, 0.15) is 23.7 Å². The van der Waals surface area contributed by atoms with Gasteiger partial charge in [0.25, 0.3) is 0 Å². The van der Waals surface area contributed by atoms with Crippen LogP contribution in [0.3, 0.4) is 0 Å². The van der Waals surface area contributed by atoms with E-state index in [0.29, 0.717) is 5.75 Å². The normalized spacial score (nSPS) is 9.53. The third kappa shape index (κ3) is 3.41. The molecule has 0 saturated heterocycles. The zero-order valence-electron chi connectivity index (χ0n) is 9.56. The smallest absolute Gasteiger partial charge is 0.382 e. The van der Waals surface area contributed by atoms with Gasteiger partial charge in [-0.15, -0.1) is 0 Å². The zero-order valence-corrected chi connectivity index (χ0v) is 9.56. The predicted molar refractivity (Wildman–Crippen MR) is 58.7 cm³/mol. The number of hydrogen-bond donors (Lipinski definition) is 0. The van der Waals surface area contributed by atoms with Gasteiger partial charge in [-0.3, -0.25) is 4.79 Å². The van der Waals surface area contributed by atoms with Crippen molar-refractivity contribution in [3.05, 3.63) is 29.8 Å². The van der Waals surface area contributed by atoms with Gasteiger partial charge in [-0.1, -0.05) is 6.92 Å². The highest BCUT2D eigenvalue weighted by molar-refractivity contribution is 6.35. The molecule has 0 spiro atoms. The van der Waals surface area contributed by atoms with Crippen molar-refractivity contribution in [3.63, 3.8) is 0 Å². The monoisotopic (exact) mass is 236 g/mol. The number of hydrogen-bond acceptors (Lipinski definition) is 5. The maximum atomic E-state index is 11.4. The molecule has 0 heterocycles. The van der Waals surface area contributed by atoms with Crippen LogP contribution in [-0.4, -0.2) is 24.8 Å². The van der Waals surface area contributed by atoms with Crippen molar-refractivity contribution in [1.29, 1.82) is 0 Å². The van der Waals surface area contributed by atoms with Crippen molar-refractivity contribution >= 4 is 17.7 Å². The van der Waals surface area contributed by atoms with Crippen molar-refractivity contribution in [2.45, 2.75) is 13.3 Å². The lowest BCUT2D eigenvalue weighted by atomic mass is 10.2. The molecule has 0 bridgehead atoms. The van der Waals surface area contributed by atoms with Crippen molar-refractivity contribution in [1.82, 2.24) is 0 Å². The predicted octanol–water partition coefficient (Wildman–Crippen LogP) is 1.36. The topological polar surface area (TPSA) is 69.7 Å². The Hall–Kier alpha value is -2.17. The van der Waals surface area contributed by atoms with Gasteiger partial charge in [-0.25, -0.2) is 9.59 Å². The number of carbonyl (C=O) groups is 3. The first-order valence-corrected chi connectivity index (χ1v) is 5.02. The summed E-state index contributed by atoms with van der Waals surface area (Å²) >= 11 is 0. The first-order chi connectivity index (χ1) is 8.08. The maximum Gasteiger partial charge on any atom is 0.382 e. The van der Waals surface area contributed by atoms with E-state index in [1.54, 1.807) is 12.1 Å². The highest BCUT2D eigenvalue weighted by Crippen LogP contribution is 2.12. The molecule has 0 N–H and O–H groups in total. The Kier molecular flexibility index (Phi) is 4.39. The Morgan fingerprint density at radius 2 is 1.71 bits per heavy atom. The number of rotatable bonds is 4. The first-order valence-electron chi connectivity index (χ1n) is 5.02. The van der Waals surface area contributed by atoms with Gasteiger partial charge in [0.15, 0.2) is 0 Å². The summed E-state index contributed by atoms with van der Waals surface area (Å²) in [5, 5.41) is 0. The summed E-state index contributed by atoms with van der Waals surface area (Å²) < 4.78 is 9.31. The van der Waals surface area contributed by atoms with Crippen LogP contribution in [0.4, 0.5) is 0 Å². The summed E-state index contributed by atoms with van der Waals surface area (Å²) in [6.45, 7) is 1.52. The van der Waals surface area contributed by atoms with Gasteiger partial charge in [0.2, 0.25) is 5.78 Å². The molecule has 0 saturated carbocycles. The zero-order chi connectivity index (χ0) is 12.8. The van der Waals surface area contributed by atoms with Crippen molar-refractivity contribution in [2.24, 2.45) is 0 Å². The van der Waals surface area contributed by atoms with Crippen LogP contribution in [0.25, 0.3) is 0 Å². The van der Waals surface area contributed by atoms with Crippen molar-refractivity contribution in [3.8, 4) is 5.75 Å². The summed E-state index contributed by atoms with van der Waals surface area (Å²) in [7, 11) is 1.50. The van der Waals surface area contributed by atoms with Crippen LogP contribution >= 0.6 is 0 Å². The number of ether oxygens (including phenoxy) is 2. The fourth-order valence-corrected chi connectivity index (χ4v) is 1.07. The minimum absolute atomic E-state index is 0.00866. The van der Waals surface area contributed by atoms with Crippen LogP contribution in [-0.2, 0) is 14.3 Å². The van der Waals surface area contributed by atoms with Crippen LogP contribution in [0.2, 0.25) is 0 Å².